The smallest absolute Gasteiger partial charge is 0.306 e. The van der Waals surface area contributed by atoms with Crippen molar-refractivity contribution in [1.82, 2.24) is 0 Å². The second-order valence-corrected chi connectivity index (χ2v) is 10.7. The van der Waals surface area contributed by atoms with Crippen molar-refractivity contribution in [2.24, 2.45) is 0 Å². The van der Waals surface area contributed by atoms with Gasteiger partial charge in [-0.1, -0.05) is 129 Å². The van der Waals surface area contributed by atoms with Crippen molar-refractivity contribution in [2.45, 2.75) is 187 Å². The fraction of sp³-hybridized carbons (Fsp3) is 0.935. The van der Waals surface area contributed by atoms with Gasteiger partial charge in [-0.3, -0.25) is 9.59 Å². The van der Waals surface area contributed by atoms with E-state index >= 15 is 0 Å². The molecule has 0 aliphatic rings. The molecule has 0 heterocycles. The number of hydrogen-bond donors (Lipinski definition) is 1. The molecular weight excluding hydrogens is 436 g/mol. The van der Waals surface area contributed by atoms with Crippen molar-refractivity contribution < 1.29 is 19.4 Å². The lowest BCUT2D eigenvalue weighted by Crippen LogP contribution is -2.18. The van der Waals surface area contributed by atoms with E-state index in [2.05, 4.69) is 13.8 Å². The van der Waals surface area contributed by atoms with Gasteiger partial charge in [0, 0.05) is 12.8 Å². The van der Waals surface area contributed by atoms with Gasteiger partial charge in [0.1, 0.15) is 6.10 Å². The van der Waals surface area contributed by atoms with Crippen molar-refractivity contribution in [1.29, 1.82) is 0 Å². The number of carboxylic acid groups (broad SMARTS) is 1. The molecule has 0 aliphatic carbocycles. The molecule has 0 aliphatic heterocycles. The molecule has 0 aromatic rings. The van der Waals surface area contributed by atoms with Crippen molar-refractivity contribution >= 4 is 11.9 Å². The highest BCUT2D eigenvalue weighted by Gasteiger charge is 2.14. The standard InChI is InChI=1S/C31H60O4/c1-3-5-7-9-11-13-14-16-18-24-28-31(34)35-29(26-22-19-20-23-27-30(32)33)25-21-17-15-12-10-8-6-4-2/h29H,3-28H2,1-2H3,(H,32,33). The van der Waals surface area contributed by atoms with Gasteiger partial charge in [0.25, 0.3) is 0 Å². The molecule has 4 heteroatoms. The van der Waals surface area contributed by atoms with Gasteiger partial charge in [-0.05, 0) is 38.5 Å². The van der Waals surface area contributed by atoms with Crippen molar-refractivity contribution in [3.8, 4) is 0 Å². The Labute approximate surface area is 218 Å². The number of hydrogen-bond acceptors (Lipinski definition) is 3. The lowest BCUT2D eigenvalue weighted by molar-refractivity contribution is -0.150. The number of aliphatic carboxylic acids is 1. The molecule has 0 spiro atoms. The Kier molecular flexibility index (Phi) is 26.7. The molecule has 0 radical (unpaired) electrons. The molecule has 35 heavy (non-hydrogen) atoms. The van der Waals surface area contributed by atoms with E-state index in [-0.39, 0.29) is 18.5 Å². The topological polar surface area (TPSA) is 63.6 Å². The predicted octanol–water partition coefficient (Wildman–Crippen LogP) is 10.2. The van der Waals surface area contributed by atoms with Gasteiger partial charge in [0.2, 0.25) is 0 Å². The Morgan fingerprint density at radius 3 is 1.26 bits per heavy atom. The van der Waals surface area contributed by atoms with Gasteiger partial charge in [0.05, 0.1) is 0 Å². The Hall–Kier alpha value is -1.06. The van der Waals surface area contributed by atoms with Gasteiger partial charge in [-0.15, -0.1) is 0 Å². The third-order valence-electron chi connectivity index (χ3n) is 7.08. The van der Waals surface area contributed by atoms with E-state index in [9.17, 15) is 9.59 Å². The van der Waals surface area contributed by atoms with Crippen molar-refractivity contribution in [2.75, 3.05) is 0 Å². The summed E-state index contributed by atoms with van der Waals surface area (Å²) in [5.41, 5.74) is 0. The highest BCUT2D eigenvalue weighted by Crippen LogP contribution is 2.18. The lowest BCUT2D eigenvalue weighted by atomic mass is 10.0. The van der Waals surface area contributed by atoms with Crippen LogP contribution in [0.3, 0.4) is 0 Å². The van der Waals surface area contributed by atoms with Crippen LogP contribution in [0, 0.1) is 0 Å². The summed E-state index contributed by atoms with van der Waals surface area (Å²) in [6.07, 6.45) is 29.6. The summed E-state index contributed by atoms with van der Waals surface area (Å²) in [4.78, 5) is 23.1. The average Bonchev–Trinajstić information content (AvgIpc) is 2.83. The molecule has 0 saturated carbocycles. The van der Waals surface area contributed by atoms with E-state index in [0.717, 1.165) is 57.8 Å². The maximum atomic E-state index is 12.4. The van der Waals surface area contributed by atoms with E-state index < -0.39 is 5.97 Å². The monoisotopic (exact) mass is 496 g/mol. The molecule has 0 aromatic heterocycles. The minimum absolute atomic E-state index is 0.0139. The molecule has 1 unspecified atom stereocenters. The van der Waals surface area contributed by atoms with Gasteiger partial charge in [-0.2, -0.15) is 0 Å². The van der Waals surface area contributed by atoms with Gasteiger partial charge < -0.3 is 9.84 Å². The van der Waals surface area contributed by atoms with Crippen LogP contribution in [0.2, 0.25) is 0 Å². The summed E-state index contributed by atoms with van der Waals surface area (Å²) >= 11 is 0. The first-order valence-corrected chi connectivity index (χ1v) is 15.5. The largest absolute Gasteiger partial charge is 0.481 e. The number of carbonyl (C=O) groups is 2. The van der Waals surface area contributed by atoms with Crippen LogP contribution in [0.25, 0.3) is 0 Å². The van der Waals surface area contributed by atoms with E-state index in [1.165, 1.54) is 96.3 Å². The summed E-state index contributed by atoms with van der Waals surface area (Å²) in [5, 5.41) is 8.77. The molecular formula is C31H60O4. The first-order valence-electron chi connectivity index (χ1n) is 15.5. The van der Waals surface area contributed by atoms with Gasteiger partial charge in [0.15, 0.2) is 0 Å². The van der Waals surface area contributed by atoms with E-state index in [4.69, 9.17) is 9.84 Å². The van der Waals surface area contributed by atoms with Crippen LogP contribution in [0.5, 0.6) is 0 Å². The molecule has 0 amide bonds. The minimum Gasteiger partial charge on any atom is -0.481 e. The summed E-state index contributed by atoms with van der Waals surface area (Å²) in [5.74, 6) is -0.724. The highest BCUT2D eigenvalue weighted by molar-refractivity contribution is 5.69. The SMILES string of the molecule is CCCCCCCCCCCCC(=O)OC(CCCCCCCCCC)CCCCCCC(=O)O. The molecule has 0 saturated heterocycles. The number of esters is 1. The lowest BCUT2D eigenvalue weighted by Gasteiger charge is -2.18. The van der Waals surface area contributed by atoms with Crippen LogP contribution in [-0.4, -0.2) is 23.1 Å². The van der Waals surface area contributed by atoms with Crippen LogP contribution < -0.4 is 0 Å². The Bertz CT molecular complexity index is 463. The van der Waals surface area contributed by atoms with Gasteiger partial charge in [-0.25, -0.2) is 0 Å². The van der Waals surface area contributed by atoms with E-state index in [0.29, 0.717) is 6.42 Å². The molecule has 0 aromatic carbocycles. The minimum atomic E-state index is -0.710. The number of rotatable bonds is 28. The Morgan fingerprint density at radius 1 is 0.514 bits per heavy atom. The molecule has 1 atom stereocenters. The van der Waals surface area contributed by atoms with Crippen LogP contribution in [0.4, 0.5) is 0 Å². The zero-order valence-corrected chi connectivity index (χ0v) is 23.6. The van der Waals surface area contributed by atoms with E-state index in [1.54, 1.807) is 0 Å². The fourth-order valence-corrected chi connectivity index (χ4v) is 4.77. The molecule has 0 bridgehead atoms. The first kappa shape index (κ1) is 33.9. The molecule has 0 rings (SSSR count). The zero-order valence-electron chi connectivity index (χ0n) is 23.6. The van der Waals surface area contributed by atoms with Crippen LogP contribution in [0.1, 0.15) is 181 Å². The molecule has 4 nitrogen and oxygen atoms in total. The quantitative estimate of drug-likeness (QED) is 0.0864. The summed E-state index contributed by atoms with van der Waals surface area (Å²) in [7, 11) is 0. The number of carbonyl (C=O) groups excluding carboxylic acids is 1. The second-order valence-electron chi connectivity index (χ2n) is 10.7. The third kappa shape index (κ3) is 27.4. The zero-order chi connectivity index (χ0) is 25.8. The molecule has 208 valence electrons. The van der Waals surface area contributed by atoms with Crippen molar-refractivity contribution in [3.05, 3.63) is 0 Å². The summed E-state index contributed by atoms with van der Waals surface area (Å²) < 4.78 is 5.90. The number of carboxylic acids is 1. The normalized spacial score (nSPS) is 12.1. The average molecular weight is 497 g/mol. The first-order chi connectivity index (χ1) is 17.1. The number of ether oxygens (including phenoxy) is 1. The van der Waals surface area contributed by atoms with Crippen LogP contribution in [0.15, 0.2) is 0 Å². The van der Waals surface area contributed by atoms with Gasteiger partial charge >= 0.3 is 11.9 Å². The number of unbranched alkanes of at least 4 members (excludes halogenated alkanes) is 19. The Morgan fingerprint density at radius 2 is 0.857 bits per heavy atom. The van der Waals surface area contributed by atoms with E-state index in [1.807, 2.05) is 0 Å². The van der Waals surface area contributed by atoms with Crippen LogP contribution in [-0.2, 0) is 14.3 Å². The Balaban J connectivity index is 4.01. The third-order valence-corrected chi connectivity index (χ3v) is 7.08. The highest BCUT2D eigenvalue weighted by atomic mass is 16.5. The second kappa shape index (κ2) is 27.5. The predicted molar refractivity (Wildman–Crippen MR) is 149 cm³/mol. The fourth-order valence-electron chi connectivity index (χ4n) is 4.77. The molecule has 0 fully saturated rings. The van der Waals surface area contributed by atoms with Crippen LogP contribution >= 0.6 is 0 Å². The van der Waals surface area contributed by atoms with Crippen molar-refractivity contribution in [3.63, 3.8) is 0 Å². The molecule has 1 N–H and O–H groups in total. The maximum Gasteiger partial charge on any atom is 0.306 e. The summed E-state index contributed by atoms with van der Waals surface area (Å²) in [6.45, 7) is 4.51. The maximum absolute atomic E-state index is 12.4. The summed E-state index contributed by atoms with van der Waals surface area (Å²) in [6, 6.07) is 0.